The maximum Gasteiger partial charge on any atom is 0.179 e. The Morgan fingerprint density at radius 2 is 1.97 bits per heavy atom. The second kappa shape index (κ2) is 9.28. The number of hydrogen-bond donors (Lipinski definition) is 1. The van der Waals surface area contributed by atoms with E-state index in [0.29, 0.717) is 23.3 Å². The second-order valence-electron chi connectivity index (χ2n) is 7.56. The lowest BCUT2D eigenvalue weighted by Crippen LogP contribution is -2.36. The van der Waals surface area contributed by atoms with Gasteiger partial charge in [0.2, 0.25) is 0 Å². The number of aromatic amines is 1. The zero-order chi connectivity index (χ0) is 20.9. The molecule has 1 aliphatic rings. The predicted octanol–water partition coefficient (Wildman–Crippen LogP) is 3.42. The SMILES string of the molecule is O=C(Cc1cnc2[nH]c(C(=O)CCCN3CCOCC3)cc2c1)c1cccc(F)c1. The first-order chi connectivity index (χ1) is 14.6. The van der Waals surface area contributed by atoms with Crippen LogP contribution in [-0.2, 0) is 11.2 Å². The predicted molar refractivity (Wildman–Crippen MR) is 111 cm³/mol. The van der Waals surface area contributed by atoms with E-state index in [1.165, 1.54) is 18.2 Å². The van der Waals surface area contributed by atoms with Crippen LogP contribution in [0.4, 0.5) is 4.39 Å². The molecule has 1 aromatic carbocycles. The summed E-state index contributed by atoms with van der Waals surface area (Å²) in [7, 11) is 0. The number of H-pyrrole nitrogens is 1. The van der Waals surface area contributed by atoms with Crippen molar-refractivity contribution in [1.29, 1.82) is 0 Å². The summed E-state index contributed by atoms with van der Waals surface area (Å²) in [5.41, 5.74) is 2.21. The molecule has 1 N–H and O–H groups in total. The van der Waals surface area contributed by atoms with Crippen molar-refractivity contribution < 1.29 is 18.7 Å². The number of nitrogens with zero attached hydrogens (tertiary/aromatic N) is 2. The lowest BCUT2D eigenvalue weighted by molar-refractivity contribution is 0.0371. The van der Waals surface area contributed by atoms with Crippen LogP contribution in [0.3, 0.4) is 0 Å². The Morgan fingerprint density at radius 3 is 2.77 bits per heavy atom. The molecule has 30 heavy (non-hydrogen) atoms. The van der Waals surface area contributed by atoms with Crippen LogP contribution >= 0.6 is 0 Å². The largest absolute Gasteiger partial charge is 0.379 e. The van der Waals surface area contributed by atoms with E-state index in [1.54, 1.807) is 18.3 Å². The van der Waals surface area contributed by atoms with Gasteiger partial charge in [-0.15, -0.1) is 0 Å². The van der Waals surface area contributed by atoms with Crippen molar-refractivity contribution in [1.82, 2.24) is 14.9 Å². The molecule has 0 aliphatic carbocycles. The molecule has 4 rings (SSSR count). The molecule has 156 valence electrons. The van der Waals surface area contributed by atoms with Gasteiger partial charge in [-0.3, -0.25) is 14.5 Å². The molecule has 6 nitrogen and oxygen atoms in total. The number of hydrogen-bond acceptors (Lipinski definition) is 5. The number of ketones is 2. The lowest BCUT2D eigenvalue weighted by atomic mass is 10.0. The Balaban J connectivity index is 1.38. The van der Waals surface area contributed by atoms with Crippen LogP contribution in [0, 0.1) is 5.82 Å². The molecular weight excluding hydrogens is 385 g/mol. The third-order valence-electron chi connectivity index (χ3n) is 5.32. The summed E-state index contributed by atoms with van der Waals surface area (Å²) in [4.78, 5) is 34.7. The number of fused-ring (bicyclic) bond motifs is 1. The maximum atomic E-state index is 13.3. The molecule has 3 aromatic rings. The van der Waals surface area contributed by atoms with Crippen molar-refractivity contribution in [2.24, 2.45) is 0 Å². The van der Waals surface area contributed by atoms with Crippen LogP contribution in [-0.4, -0.2) is 59.3 Å². The van der Waals surface area contributed by atoms with Gasteiger partial charge in [0, 0.05) is 43.1 Å². The Labute approximate surface area is 174 Å². The summed E-state index contributed by atoms with van der Waals surface area (Å²) >= 11 is 0. The van der Waals surface area contributed by atoms with E-state index in [-0.39, 0.29) is 18.0 Å². The Kier molecular flexibility index (Phi) is 6.30. The molecule has 0 atom stereocenters. The van der Waals surface area contributed by atoms with Gasteiger partial charge in [-0.2, -0.15) is 0 Å². The lowest BCUT2D eigenvalue weighted by Gasteiger charge is -2.26. The number of ether oxygens (including phenoxy) is 1. The van der Waals surface area contributed by atoms with Gasteiger partial charge in [0.15, 0.2) is 11.6 Å². The molecule has 0 saturated carbocycles. The molecular formula is C23H24FN3O3. The van der Waals surface area contributed by atoms with Gasteiger partial charge >= 0.3 is 0 Å². The van der Waals surface area contributed by atoms with Crippen LogP contribution in [0.5, 0.6) is 0 Å². The summed E-state index contributed by atoms with van der Waals surface area (Å²) in [6.45, 7) is 4.24. The fourth-order valence-electron chi connectivity index (χ4n) is 3.68. The minimum absolute atomic E-state index is 0.0543. The van der Waals surface area contributed by atoms with Crippen LogP contribution in [0.1, 0.15) is 39.3 Å². The number of pyridine rings is 1. The minimum Gasteiger partial charge on any atom is -0.379 e. The number of aromatic nitrogens is 2. The second-order valence-corrected chi connectivity index (χ2v) is 7.56. The molecule has 1 fully saturated rings. The molecule has 1 saturated heterocycles. The summed E-state index contributed by atoms with van der Waals surface area (Å²) in [6, 6.07) is 9.30. The van der Waals surface area contributed by atoms with Gasteiger partial charge in [0.1, 0.15) is 11.5 Å². The molecule has 0 amide bonds. The Bertz CT molecular complexity index is 1060. The molecule has 0 bridgehead atoms. The van der Waals surface area contributed by atoms with E-state index in [0.717, 1.165) is 50.2 Å². The van der Waals surface area contributed by atoms with Gasteiger partial charge in [0.25, 0.3) is 0 Å². The maximum absolute atomic E-state index is 13.3. The van der Waals surface area contributed by atoms with Crippen molar-refractivity contribution in [3.05, 3.63) is 65.2 Å². The van der Waals surface area contributed by atoms with Crippen molar-refractivity contribution >= 4 is 22.6 Å². The van der Waals surface area contributed by atoms with Gasteiger partial charge in [-0.05, 0) is 42.8 Å². The quantitative estimate of drug-likeness (QED) is 0.577. The van der Waals surface area contributed by atoms with E-state index in [1.807, 2.05) is 6.07 Å². The van der Waals surface area contributed by atoms with Gasteiger partial charge in [-0.1, -0.05) is 12.1 Å². The molecule has 3 heterocycles. The standard InChI is InChI=1S/C23H24FN3O3/c24-19-4-1-3-17(13-19)22(29)12-16-11-18-14-20(26-23(18)25-15-16)21(28)5-2-6-27-7-9-30-10-8-27/h1,3-4,11,13-15H,2,5-10,12H2,(H,25,26). The van der Waals surface area contributed by atoms with E-state index >= 15 is 0 Å². The molecule has 0 spiro atoms. The number of nitrogens with one attached hydrogen (secondary N) is 1. The number of carbonyl (C=O) groups excluding carboxylic acids is 2. The number of benzene rings is 1. The first-order valence-corrected chi connectivity index (χ1v) is 10.2. The smallest absolute Gasteiger partial charge is 0.179 e. The average molecular weight is 409 g/mol. The molecule has 0 radical (unpaired) electrons. The highest BCUT2D eigenvalue weighted by Gasteiger charge is 2.14. The first kappa shape index (κ1) is 20.4. The third kappa shape index (κ3) is 4.98. The summed E-state index contributed by atoms with van der Waals surface area (Å²) in [5.74, 6) is -0.555. The van der Waals surface area contributed by atoms with Gasteiger partial charge < -0.3 is 9.72 Å². The number of halogens is 1. The van der Waals surface area contributed by atoms with E-state index in [4.69, 9.17) is 4.74 Å². The fraction of sp³-hybridized carbons (Fsp3) is 0.348. The molecule has 7 heteroatoms. The number of Topliss-reactive ketones (excluding diaryl/α,β-unsaturated/α-hetero) is 2. The molecule has 0 unspecified atom stereocenters. The van der Waals surface area contributed by atoms with Crippen molar-refractivity contribution in [2.45, 2.75) is 19.3 Å². The highest BCUT2D eigenvalue weighted by molar-refractivity contribution is 6.00. The van der Waals surface area contributed by atoms with Crippen LogP contribution in [0.25, 0.3) is 11.0 Å². The fourth-order valence-corrected chi connectivity index (χ4v) is 3.68. The van der Waals surface area contributed by atoms with Crippen molar-refractivity contribution in [3.8, 4) is 0 Å². The van der Waals surface area contributed by atoms with Crippen molar-refractivity contribution in [3.63, 3.8) is 0 Å². The van der Waals surface area contributed by atoms with Crippen LogP contribution in [0.15, 0.2) is 42.6 Å². The summed E-state index contributed by atoms with van der Waals surface area (Å²) < 4.78 is 18.7. The van der Waals surface area contributed by atoms with E-state index in [2.05, 4.69) is 14.9 Å². The third-order valence-corrected chi connectivity index (χ3v) is 5.32. The van der Waals surface area contributed by atoms with Crippen LogP contribution in [0.2, 0.25) is 0 Å². The normalized spacial score (nSPS) is 14.8. The Hall–Kier alpha value is -2.90. The highest BCUT2D eigenvalue weighted by Crippen LogP contribution is 2.18. The first-order valence-electron chi connectivity index (χ1n) is 10.2. The summed E-state index contributed by atoms with van der Waals surface area (Å²) in [5, 5.41) is 0.788. The zero-order valence-corrected chi connectivity index (χ0v) is 16.7. The Morgan fingerprint density at radius 1 is 1.13 bits per heavy atom. The van der Waals surface area contributed by atoms with Crippen molar-refractivity contribution in [2.75, 3.05) is 32.8 Å². The summed E-state index contributed by atoms with van der Waals surface area (Å²) in [6.07, 6.45) is 3.01. The van der Waals surface area contributed by atoms with Gasteiger partial charge in [-0.25, -0.2) is 9.37 Å². The molecule has 1 aliphatic heterocycles. The number of carbonyl (C=O) groups is 2. The minimum atomic E-state index is -0.433. The highest BCUT2D eigenvalue weighted by atomic mass is 19.1. The monoisotopic (exact) mass is 409 g/mol. The zero-order valence-electron chi connectivity index (χ0n) is 16.7. The van der Waals surface area contributed by atoms with Gasteiger partial charge in [0.05, 0.1) is 18.9 Å². The molecule has 2 aromatic heterocycles. The topological polar surface area (TPSA) is 75.3 Å². The van der Waals surface area contributed by atoms with Crippen LogP contribution < -0.4 is 0 Å². The average Bonchev–Trinajstić information content (AvgIpc) is 3.18. The van der Waals surface area contributed by atoms with E-state index in [9.17, 15) is 14.0 Å². The van der Waals surface area contributed by atoms with E-state index < -0.39 is 5.82 Å². The number of rotatable bonds is 8. The number of morpholine rings is 1.